The van der Waals surface area contributed by atoms with E-state index in [0.717, 1.165) is 33.8 Å². The van der Waals surface area contributed by atoms with Crippen molar-refractivity contribution in [2.45, 2.75) is 45.3 Å². The van der Waals surface area contributed by atoms with Gasteiger partial charge in [0.1, 0.15) is 6.61 Å². The summed E-state index contributed by atoms with van der Waals surface area (Å²) in [5.41, 5.74) is 5.84. The number of nitrogens with zero attached hydrogens (tertiary/aromatic N) is 1. The van der Waals surface area contributed by atoms with E-state index >= 15 is 0 Å². The lowest BCUT2D eigenvalue weighted by atomic mass is 9.78. The number of Topliss-reactive ketones (excluding diaryl/α,β-unsaturated/α-hetero) is 1. The number of allylic oxidation sites excluding steroid dienone is 1. The van der Waals surface area contributed by atoms with Gasteiger partial charge >= 0.3 is 0 Å². The van der Waals surface area contributed by atoms with Crippen LogP contribution in [-0.4, -0.2) is 18.3 Å². The van der Waals surface area contributed by atoms with Crippen LogP contribution in [-0.2, 0) is 16.2 Å². The number of benzene rings is 4. The zero-order valence-corrected chi connectivity index (χ0v) is 24.9. The third-order valence-corrected chi connectivity index (χ3v) is 8.24. The highest BCUT2D eigenvalue weighted by atomic mass is 35.5. The summed E-state index contributed by atoms with van der Waals surface area (Å²) in [6.45, 7) is 4.23. The van der Waals surface area contributed by atoms with E-state index in [2.05, 4.69) is 17.4 Å². The van der Waals surface area contributed by atoms with Crippen molar-refractivity contribution in [2.75, 3.05) is 16.8 Å². The van der Waals surface area contributed by atoms with Gasteiger partial charge in [-0.25, -0.2) is 0 Å². The van der Waals surface area contributed by atoms with Gasteiger partial charge in [-0.2, -0.15) is 0 Å². The van der Waals surface area contributed by atoms with Crippen LogP contribution in [0, 0.1) is 0 Å². The second-order valence-electron chi connectivity index (χ2n) is 10.8. The molecular weight excluding hydrogens is 560 g/mol. The molecule has 218 valence electrons. The number of ether oxygens (including phenoxy) is 2. The maximum atomic E-state index is 14.1. The monoisotopic (exact) mass is 592 g/mol. The molecule has 1 amide bonds. The summed E-state index contributed by atoms with van der Waals surface area (Å²) in [7, 11) is 0. The lowest BCUT2D eigenvalue weighted by molar-refractivity contribution is -0.117. The summed E-state index contributed by atoms with van der Waals surface area (Å²) in [5.74, 6) is 1.03. The number of halogens is 1. The molecule has 0 saturated carbocycles. The summed E-state index contributed by atoms with van der Waals surface area (Å²) < 4.78 is 12.2. The second-order valence-corrected chi connectivity index (χ2v) is 11.3. The largest absolute Gasteiger partial charge is 0.490 e. The second kappa shape index (κ2) is 12.4. The van der Waals surface area contributed by atoms with Crippen molar-refractivity contribution in [3.05, 3.63) is 130 Å². The number of rotatable bonds is 7. The van der Waals surface area contributed by atoms with Gasteiger partial charge < -0.3 is 14.8 Å². The first-order chi connectivity index (χ1) is 20.9. The number of amides is 1. The minimum Gasteiger partial charge on any atom is -0.490 e. The molecule has 0 fully saturated rings. The molecule has 1 aliphatic heterocycles. The number of hydrogen-bond donors (Lipinski definition) is 1. The highest BCUT2D eigenvalue weighted by Gasteiger charge is 2.41. The van der Waals surface area contributed by atoms with E-state index in [1.807, 2.05) is 91.9 Å². The van der Waals surface area contributed by atoms with E-state index in [1.165, 1.54) is 0 Å². The average molecular weight is 593 g/mol. The Kier molecular flexibility index (Phi) is 8.21. The number of hydrogen-bond acceptors (Lipinski definition) is 5. The molecule has 1 aliphatic carbocycles. The lowest BCUT2D eigenvalue weighted by Crippen LogP contribution is -2.37. The van der Waals surface area contributed by atoms with Gasteiger partial charge in [-0.05, 0) is 72.4 Å². The van der Waals surface area contributed by atoms with Crippen LogP contribution in [0.3, 0.4) is 0 Å². The Hall–Kier alpha value is -4.55. The number of para-hydroxylation sites is 2. The number of carbonyl (C=O) groups excluding carboxylic acids is 2. The van der Waals surface area contributed by atoms with E-state index < -0.39 is 6.04 Å². The van der Waals surface area contributed by atoms with E-state index in [-0.39, 0.29) is 17.6 Å². The molecule has 0 aromatic heterocycles. The first-order valence-corrected chi connectivity index (χ1v) is 14.9. The van der Waals surface area contributed by atoms with E-state index in [0.29, 0.717) is 48.2 Å². The average Bonchev–Trinajstić information content (AvgIpc) is 3.16. The Morgan fingerprint density at radius 2 is 1.63 bits per heavy atom. The quantitative estimate of drug-likeness (QED) is 0.234. The topological polar surface area (TPSA) is 67.9 Å². The van der Waals surface area contributed by atoms with E-state index in [4.69, 9.17) is 21.1 Å². The summed E-state index contributed by atoms with van der Waals surface area (Å²) >= 11 is 6.04. The lowest BCUT2D eigenvalue weighted by Gasteiger charge is -2.34. The van der Waals surface area contributed by atoms with Crippen LogP contribution in [0.5, 0.6) is 11.5 Å². The highest BCUT2D eigenvalue weighted by molar-refractivity contribution is 6.30. The van der Waals surface area contributed by atoms with Gasteiger partial charge in [0.05, 0.1) is 24.0 Å². The minimum atomic E-state index is -0.641. The van der Waals surface area contributed by atoms with Gasteiger partial charge in [0.2, 0.25) is 5.91 Å². The zero-order valence-electron chi connectivity index (χ0n) is 24.2. The van der Waals surface area contributed by atoms with Gasteiger partial charge in [0.25, 0.3) is 0 Å². The summed E-state index contributed by atoms with van der Waals surface area (Å²) in [6, 6.07) is 30.4. The van der Waals surface area contributed by atoms with Crippen LogP contribution in [0.1, 0.15) is 55.3 Å². The number of carbonyl (C=O) groups is 2. The molecule has 1 heterocycles. The third-order valence-electron chi connectivity index (χ3n) is 7.99. The van der Waals surface area contributed by atoms with Gasteiger partial charge in [-0.3, -0.25) is 14.5 Å². The van der Waals surface area contributed by atoms with Crippen molar-refractivity contribution >= 4 is 34.7 Å². The van der Waals surface area contributed by atoms with Crippen LogP contribution in [0.2, 0.25) is 5.02 Å². The fraction of sp³-hybridized carbons (Fsp3) is 0.222. The SMILES string of the molecule is CCOc1cc([C@H]2C3=C(C[C@H](c4ccccc4)CC3=O)Nc3ccccc3N2C(C)=O)ccc1OCc1ccc(Cl)cc1. The Labute approximate surface area is 256 Å². The van der Waals surface area contributed by atoms with Gasteiger partial charge in [-0.15, -0.1) is 0 Å². The molecule has 6 nitrogen and oxygen atoms in total. The highest BCUT2D eigenvalue weighted by Crippen LogP contribution is 2.48. The molecule has 1 N–H and O–H groups in total. The maximum Gasteiger partial charge on any atom is 0.224 e. The summed E-state index contributed by atoms with van der Waals surface area (Å²) in [6.07, 6.45) is 1.02. The molecule has 4 aromatic carbocycles. The Balaban J connectivity index is 1.44. The molecule has 0 bridgehead atoms. The van der Waals surface area contributed by atoms with Crippen LogP contribution in [0.4, 0.5) is 11.4 Å². The Bertz CT molecular complexity index is 1680. The minimum absolute atomic E-state index is 0.0210. The Morgan fingerprint density at radius 1 is 0.884 bits per heavy atom. The van der Waals surface area contributed by atoms with Gasteiger partial charge in [-0.1, -0.05) is 72.3 Å². The third kappa shape index (κ3) is 5.88. The van der Waals surface area contributed by atoms with Crippen molar-refractivity contribution < 1.29 is 19.1 Å². The molecular formula is C36H33ClN2O4. The molecule has 4 aromatic rings. The Morgan fingerprint density at radius 3 is 2.37 bits per heavy atom. The molecule has 6 rings (SSSR count). The molecule has 0 spiro atoms. The van der Waals surface area contributed by atoms with Crippen molar-refractivity contribution in [2.24, 2.45) is 0 Å². The van der Waals surface area contributed by atoms with Crippen molar-refractivity contribution in [3.8, 4) is 11.5 Å². The molecule has 0 saturated heterocycles. The molecule has 0 radical (unpaired) electrons. The summed E-state index contributed by atoms with van der Waals surface area (Å²) in [5, 5.41) is 4.23. The van der Waals surface area contributed by atoms with Crippen LogP contribution >= 0.6 is 11.6 Å². The van der Waals surface area contributed by atoms with Crippen molar-refractivity contribution in [1.29, 1.82) is 0 Å². The summed E-state index contributed by atoms with van der Waals surface area (Å²) in [4.78, 5) is 29.3. The molecule has 43 heavy (non-hydrogen) atoms. The first-order valence-electron chi connectivity index (χ1n) is 14.5. The molecule has 7 heteroatoms. The maximum absolute atomic E-state index is 14.1. The fourth-order valence-corrected chi connectivity index (χ4v) is 6.16. The predicted octanol–water partition coefficient (Wildman–Crippen LogP) is 8.24. The van der Waals surface area contributed by atoms with E-state index in [1.54, 1.807) is 11.8 Å². The fourth-order valence-electron chi connectivity index (χ4n) is 6.04. The molecule has 0 unspecified atom stereocenters. The van der Waals surface area contributed by atoms with Crippen molar-refractivity contribution in [1.82, 2.24) is 0 Å². The first kappa shape index (κ1) is 28.6. The number of fused-ring (bicyclic) bond motifs is 1. The van der Waals surface area contributed by atoms with Gasteiger partial charge in [0.15, 0.2) is 17.3 Å². The van der Waals surface area contributed by atoms with Crippen LogP contribution in [0.15, 0.2) is 108 Å². The van der Waals surface area contributed by atoms with Crippen molar-refractivity contribution in [3.63, 3.8) is 0 Å². The number of ketones is 1. The molecule has 2 aliphatic rings. The smallest absolute Gasteiger partial charge is 0.224 e. The standard InChI is InChI=1S/C36H33ClN2O4/c1-3-42-34-21-26(15-18-33(34)43-22-24-13-16-28(37)17-14-24)36-35-30(19-27(20-32(35)41)25-9-5-4-6-10-25)38-29-11-7-8-12-31(29)39(36)23(2)40/h4-18,21,27,36,38H,3,19-20,22H2,1-2H3/t27-,36-/m0/s1. The number of anilines is 2. The normalized spacial score (nSPS) is 17.8. The van der Waals surface area contributed by atoms with E-state index in [9.17, 15) is 9.59 Å². The van der Waals surface area contributed by atoms with Crippen LogP contribution < -0.4 is 19.7 Å². The zero-order chi connectivity index (χ0) is 29.9. The van der Waals surface area contributed by atoms with Crippen LogP contribution in [0.25, 0.3) is 0 Å². The predicted molar refractivity (Wildman–Crippen MR) is 170 cm³/mol. The number of nitrogens with one attached hydrogen (secondary N) is 1. The molecule has 2 atom stereocenters. The van der Waals surface area contributed by atoms with Gasteiger partial charge in [0, 0.05) is 29.6 Å².